The molecule has 0 bridgehead atoms. The van der Waals surface area contributed by atoms with Gasteiger partial charge in [-0.1, -0.05) is 70.2 Å². The van der Waals surface area contributed by atoms with Crippen LogP contribution in [0, 0.1) is 0 Å². The molecule has 0 spiro atoms. The molecular weight excluding hydrogens is 264 g/mol. The standard InChI is InChI=1S/C13H13BrSi/c14-10-15-9-8-12-6-3-5-11-4-1-2-7-13(11)12/h1-9H,10,15H2. The summed E-state index contributed by atoms with van der Waals surface area (Å²) < 4.78 is 0. The van der Waals surface area contributed by atoms with Crippen molar-refractivity contribution in [3.8, 4) is 0 Å². The summed E-state index contributed by atoms with van der Waals surface area (Å²) in [5, 5.41) is 2.67. The maximum atomic E-state index is 3.48. The van der Waals surface area contributed by atoms with Gasteiger partial charge in [-0.15, -0.1) is 0 Å². The minimum atomic E-state index is -0.0523. The monoisotopic (exact) mass is 276 g/mol. The molecule has 0 aromatic heterocycles. The lowest BCUT2D eigenvalue weighted by Gasteiger charge is -2.01. The number of rotatable bonds is 3. The number of hydrogen-bond donors (Lipinski definition) is 0. The smallest absolute Gasteiger partial charge is 0.0570 e. The van der Waals surface area contributed by atoms with Crippen molar-refractivity contribution >= 4 is 42.3 Å². The zero-order valence-corrected chi connectivity index (χ0v) is 11.5. The number of fused-ring (bicyclic) bond motifs is 1. The van der Waals surface area contributed by atoms with Gasteiger partial charge in [0.1, 0.15) is 0 Å². The second kappa shape index (κ2) is 5.28. The molecule has 0 aliphatic carbocycles. The van der Waals surface area contributed by atoms with Crippen LogP contribution in [0.1, 0.15) is 5.56 Å². The molecule has 2 aromatic rings. The maximum Gasteiger partial charge on any atom is 0.0570 e. The Morgan fingerprint density at radius 1 is 1.07 bits per heavy atom. The third-order valence-electron chi connectivity index (χ3n) is 2.40. The fraction of sp³-hybridized carbons (Fsp3) is 0.0769. The molecule has 2 heteroatoms. The van der Waals surface area contributed by atoms with E-state index in [0.717, 1.165) is 4.95 Å². The van der Waals surface area contributed by atoms with Crippen molar-refractivity contribution in [1.82, 2.24) is 0 Å². The molecule has 0 saturated heterocycles. The third-order valence-corrected chi connectivity index (χ3v) is 4.56. The van der Waals surface area contributed by atoms with E-state index in [4.69, 9.17) is 0 Å². The predicted molar refractivity (Wildman–Crippen MR) is 75.3 cm³/mol. The Morgan fingerprint density at radius 3 is 2.73 bits per heavy atom. The van der Waals surface area contributed by atoms with Crippen molar-refractivity contribution in [3.05, 3.63) is 53.7 Å². The quantitative estimate of drug-likeness (QED) is 0.596. The fourth-order valence-corrected chi connectivity index (χ4v) is 3.01. The third kappa shape index (κ3) is 2.58. The predicted octanol–water partition coefficient (Wildman–Crippen LogP) is 3.33. The summed E-state index contributed by atoms with van der Waals surface area (Å²) in [6.07, 6.45) is 2.26. The highest BCUT2D eigenvalue weighted by Crippen LogP contribution is 2.19. The Kier molecular flexibility index (Phi) is 3.75. The van der Waals surface area contributed by atoms with Crippen molar-refractivity contribution in [1.29, 1.82) is 0 Å². The average molecular weight is 277 g/mol. The lowest BCUT2D eigenvalue weighted by molar-refractivity contribution is 1.71. The summed E-state index contributed by atoms with van der Waals surface area (Å²) in [6.45, 7) is 0. The Balaban J connectivity index is 2.42. The summed E-state index contributed by atoms with van der Waals surface area (Å²) in [6, 6.07) is 15.0. The molecule has 0 saturated carbocycles. The SMILES string of the molecule is BrC[SiH2]C=Cc1cccc2ccccc12. The Morgan fingerprint density at radius 2 is 1.87 bits per heavy atom. The molecule has 0 N–H and O–H groups in total. The molecule has 0 atom stereocenters. The van der Waals surface area contributed by atoms with Gasteiger partial charge in [0.15, 0.2) is 0 Å². The van der Waals surface area contributed by atoms with Crippen molar-refractivity contribution in [2.75, 3.05) is 4.95 Å². The second-order valence-corrected chi connectivity index (χ2v) is 7.25. The van der Waals surface area contributed by atoms with Gasteiger partial charge in [-0.2, -0.15) is 0 Å². The average Bonchev–Trinajstić information content (AvgIpc) is 2.30. The van der Waals surface area contributed by atoms with Crippen LogP contribution in [0.15, 0.2) is 48.2 Å². The lowest BCUT2D eigenvalue weighted by atomic mass is 10.1. The van der Waals surface area contributed by atoms with Gasteiger partial charge in [0.2, 0.25) is 0 Å². The number of alkyl halides is 1. The van der Waals surface area contributed by atoms with E-state index in [-0.39, 0.29) is 9.52 Å². The van der Waals surface area contributed by atoms with E-state index in [9.17, 15) is 0 Å². The molecule has 0 amide bonds. The van der Waals surface area contributed by atoms with Gasteiger partial charge in [-0.3, -0.25) is 0 Å². The van der Waals surface area contributed by atoms with E-state index in [1.807, 2.05) is 0 Å². The Bertz CT molecular complexity index is 471. The first-order valence-corrected chi connectivity index (χ1v) is 8.06. The molecule has 0 aliphatic heterocycles. The first-order valence-electron chi connectivity index (χ1n) is 5.12. The van der Waals surface area contributed by atoms with E-state index in [0.29, 0.717) is 0 Å². The zero-order chi connectivity index (χ0) is 10.5. The Labute approximate surface area is 101 Å². The molecule has 2 rings (SSSR count). The summed E-state index contributed by atoms with van der Waals surface area (Å²) in [5.74, 6) is 0. The largest absolute Gasteiger partial charge is 0.1000 e. The second-order valence-electron chi connectivity index (χ2n) is 3.45. The summed E-state index contributed by atoms with van der Waals surface area (Å²) in [7, 11) is -0.0523. The van der Waals surface area contributed by atoms with E-state index >= 15 is 0 Å². The number of benzene rings is 2. The highest BCUT2D eigenvalue weighted by molar-refractivity contribution is 9.09. The number of halogens is 1. The normalized spacial score (nSPS) is 12.1. The minimum absolute atomic E-state index is 0.0523. The van der Waals surface area contributed by atoms with Crippen molar-refractivity contribution in [3.63, 3.8) is 0 Å². The van der Waals surface area contributed by atoms with E-state index in [2.05, 4.69) is 70.2 Å². The van der Waals surface area contributed by atoms with Crippen molar-refractivity contribution in [2.24, 2.45) is 0 Å². The van der Waals surface area contributed by atoms with Gasteiger partial charge >= 0.3 is 0 Å². The van der Waals surface area contributed by atoms with Gasteiger partial charge in [-0.05, 0) is 21.3 Å². The highest BCUT2D eigenvalue weighted by Gasteiger charge is 1.95. The fourth-order valence-electron chi connectivity index (χ4n) is 1.67. The molecule has 0 nitrogen and oxygen atoms in total. The van der Waals surface area contributed by atoms with Gasteiger partial charge in [-0.25, -0.2) is 0 Å². The zero-order valence-electron chi connectivity index (χ0n) is 8.49. The van der Waals surface area contributed by atoms with Crippen LogP contribution in [-0.2, 0) is 0 Å². The van der Waals surface area contributed by atoms with Gasteiger partial charge in [0.25, 0.3) is 0 Å². The summed E-state index contributed by atoms with van der Waals surface area (Å²) >= 11 is 3.48. The van der Waals surface area contributed by atoms with Crippen molar-refractivity contribution in [2.45, 2.75) is 0 Å². The van der Waals surface area contributed by atoms with Gasteiger partial charge in [0, 0.05) is 0 Å². The first-order chi connectivity index (χ1) is 7.42. The Hall–Kier alpha value is -0.863. The van der Waals surface area contributed by atoms with E-state index in [1.54, 1.807) is 0 Å². The first kappa shape index (κ1) is 10.6. The molecule has 76 valence electrons. The molecule has 2 aromatic carbocycles. The highest BCUT2D eigenvalue weighted by atomic mass is 79.9. The van der Waals surface area contributed by atoms with Crippen LogP contribution in [0.4, 0.5) is 0 Å². The molecule has 0 fully saturated rings. The molecule has 0 aliphatic rings. The number of hydrogen-bond acceptors (Lipinski definition) is 0. The van der Waals surface area contributed by atoms with Crippen LogP contribution in [0.3, 0.4) is 0 Å². The van der Waals surface area contributed by atoms with E-state index < -0.39 is 0 Å². The molecule has 0 unspecified atom stereocenters. The van der Waals surface area contributed by atoms with Crippen LogP contribution in [0.2, 0.25) is 0 Å². The molecule has 0 heterocycles. The minimum Gasteiger partial charge on any atom is -0.1000 e. The molecular formula is C13H13BrSi. The van der Waals surface area contributed by atoms with Crippen LogP contribution in [0.5, 0.6) is 0 Å². The van der Waals surface area contributed by atoms with Crippen LogP contribution < -0.4 is 0 Å². The summed E-state index contributed by atoms with van der Waals surface area (Å²) in [4.78, 5) is 1.16. The van der Waals surface area contributed by atoms with Crippen molar-refractivity contribution < 1.29 is 0 Å². The van der Waals surface area contributed by atoms with E-state index in [1.165, 1.54) is 16.3 Å². The van der Waals surface area contributed by atoms with Crippen LogP contribution in [0.25, 0.3) is 16.8 Å². The van der Waals surface area contributed by atoms with Gasteiger partial charge < -0.3 is 0 Å². The molecule has 0 radical (unpaired) electrons. The van der Waals surface area contributed by atoms with Crippen LogP contribution in [-0.4, -0.2) is 14.5 Å². The summed E-state index contributed by atoms with van der Waals surface area (Å²) in [5.41, 5.74) is 3.68. The van der Waals surface area contributed by atoms with Gasteiger partial charge in [0.05, 0.1) is 9.52 Å². The topological polar surface area (TPSA) is 0 Å². The maximum absolute atomic E-state index is 3.48. The van der Waals surface area contributed by atoms with Crippen LogP contribution >= 0.6 is 15.9 Å². The lowest BCUT2D eigenvalue weighted by Crippen LogP contribution is -1.84. The molecule has 15 heavy (non-hydrogen) atoms.